The second-order valence-corrected chi connectivity index (χ2v) is 3.58. The molecule has 1 atom stereocenters. The van der Waals surface area contributed by atoms with Crippen LogP contribution in [0.3, 0.4) is 0 Å². The van der Waals surface area contributed by atoms with Crippen LogP contribution in [0.1, 0.15) is 12.5 Å². The molecule has 0 saturated heterocycles. The van der Waals surface area contributed by atoms with Crippen molar-refractivity contribution in [2.24, 2.45) is 0 Å². The van der Waals surface area contributed by atoms with Crippen molar-refractivity contribution in [2.75, 3.05) is 13.7 Å². The maximum atomic E-state index is 5.26. The molecule has 0 radical (unpaired) electrons. The molecule has 0 spiro atoms. The van der Waals surface area contributed by atoms with E-state index in [2.05, 4.69) is 31.0 Å². The zero-order valence-corrected chi connectivity index (χ0v) is 9.94. The average molecular weight is 217 g/mol. The fraction of sp³-hybridized carbons (Fsp3) is 0.286. The van der Waals surface area contributed by atoms with Crippen LogP contribution < -0.4 is 10.1 Å². The number of nitrogens with one attached hydrogen (secondary N) is 1. The van der Waals surface area contributed by atoms with Crippen LogP contribution >= 0.6 is 0 Å². The van der Waals surface area contributed by atoms with Gasteiger partial charge in [-0.2, -0.15) is 0 Å². The normalized spacial score (nSPS) is 12.6. The fourth-order valence-electron chi connectivity index (χ4n) is 1.33. The van der Waals surface area contributed by atoms with E-state index in [1.54, 1.807) is 7.11 Å². The summed E-state index contributed by atoms with van der Waals surface area (Å²) in [6, 6.07) is 8.30. The molecule has 1 aromatic rings. The van der Waals surface area contributed by atoms with Gasteiger partial charge in [-0.15, -0.1) is 6.58 Å². The van der Waals surface area contributed by atoms with Crippen LogP contribution in [0.2, 0.25) is 0 Å². The third-order valence-electron chi connectivity index (χ3n) is 2.35. The standard InChI is InChI=1S/C14H19NO/c1-4-12(2)15-11-7-9-13-8-5-6-10-14(13)16-3/h4-10,12,15H,1,11H2,2-3H3/b9-7+. The summed E-state index contributed by atoms with van der Waals surface area (Å²) < 4.78 is 5.26. The third-order valence-corrected chi connectivity index (χ3v) is 2.35. The Bertz CT molecular complexity index is 358. The van der Waals surface area contributed by atoms with Crippen molar-refractivity contribution < 1.29 is 4.74 Å². The molecule has 0 saturated carbocycles. The van der Waals surface area contributed by atoms with Crippen LogP contribution in [-0.4, -0.2) is 19.7 Å². The lowest BCUT2D eigenvalue weighted by Crippen LogP contribution is -2.23. The van der Waals surface area contributed by atoms with Crippen molar-refractivity contribution in [2.45, 2.75) is 13.0 Å². The lowest BCUT2D eigenvalue weighted by molar-refractivity contribution is 0.414. The Morgan fingerprint density at radius 3 is 2.88 bits per heavy atom. The molecule has 86 valence electrons. The quantitative estimate of drug-likeness (QED) is 0.740. The minimum Gasteiger partial charge on any atom is -0.496 e. The van der Waals surface area contributed by atoms with Gasteiger partial charge in [-0.3, -0.25) is 0 Å². The van der Waals surface area contributed by atoms with Gasteiger partial charge in [-0.05, 0) is 13.0 Å². The van der Waals surface area contributed by atoms with E-state index >= 15 is 0 Å². The van der Waals surface area contributed by atoms with Crippen molar-refractivity contribution in [3.63, 3.8) is 0 Å². The largest absolute Gasteiger partial charge is 0.496 e. The van der Waals surface area contributed by atoms with Crippen molar-refractivity contribution in [3.05, 3.63) is 48.6 Å². The van der Waals surface area contributed by atoms with Crippen LogP contribution in [-0.2, 0) is 0 Å². The summed E-state index contributed by atoms with van der Waals surface area (Å²) >= 11 is 0. The van der Waals surface area contributed by atoms with Gasteiger partial charge < -0.3 is 10.1 Å². The van der Waals surface area contributed by atoms with Gasteiger partial charge in [0.2, 0.25) is 0 Å². The SMILES string of the molecule is C=CC(C)NC/C=C/c1ccccc1OC. The number of rotatable bonds is 6. The van der Waals surface area contributed by atoms with E-state index in [4.69, 9.17) is 4.74 Å². The van der Waals surface area contributed by atoms with Crippen LogP contribution in [0.4, 0.5) is 0 Å². The highest BCUT2D eigenvalue weighted by molar-refractivity contribution is 5.57. The Hall–Kier alpha value is -1.54. The van der Waals surface area contributed by atoms with Gasteiger partial charge in [0.1, 0.15) is 5.75 Å². The highest BCUT2D eigenvalue weighted by Gasteiger charge is 1.96. The number of hydrogen-bond acceptors (Lipinski definition) is 2. The lowest BCUT2D eigenvalue weighted by atomic mass is 10.2. The highest BCUT2D eigenvalue weighted by Crippen LogP contribution is 2.18. The lowest BCUT2D eigenvalue weighted by Gasteiger charge is -2.06. The number of methoxy groups -OCH3 is 1. The molecule has 0 heterocycles. The Labute approximate surface area is 97.6 Å². The van der Waals surface area contributed by atoms with E-state index in [0.29, 0.717) is 6.04 Å². The maximum absolute atomic E-state index is 5.26. The molecule has 0 fully saturated rings. The Balaban J connectivity index is 2.52. The molecule has 0 aliphatic carbocycles. The minimum atomic E-state index is 0.335. The summed E-state index contributed by atoms with van der Waals surface area (Å²) in [6.45, 7) is 6.62. The molecule has 2 heteroatoms. The third kappa shape index (κ3) is 3.91. The van der Waals surface area contributed by atoms with Gasteiger partial charge in [0.05, 0.1) is 7.11 Å². The molecule has 0 bridgehead atoms. The summed E-state index contributed by atoms with van der Waals surface area (Å²) in [6.07, 6.45) is 6.02. The first-order valence-corrected chi connectivity index (χ1v) is 5.43. The predicted molar refractivity (Wildman–Crippen MR) is 69.7 cm³/mol. The van der Waals surface area contributed by atoms with Crippen LogP contribution in [0.15, 0.2) is 43.0 Å². The Morgan fingerprint density at radius 2 is 2.19 bits per heavy atom. The molecule has 0 amide bonds. The van der Waals surface area contributed by atoms with Crippen molar-refractivity contribution >= 4 is 6.08 Å². The monoisotopic (exact) mass is 217 g/mol. The van der Waals surface area contributed by atoms with E-state index in [0.717, 1.165) is 17.9 Å². The van der Waals surface area contributed by atoms with Gasteiger partial charge in [0.25, 0.3) is 0 Å². The van der Waals surface area contributed by atoms with Crippen LogP contribution in [0.5, 0.6) is 5.75 Å². The second kappa shape index (κ2) is 6.85. The topological polar surface area (TPSA) is 21.3 Å². The zero-order valence-electron chi connectivity index (χ0n) is 9.94. The maximum Gasteiger partial charge on any atom is 0.126 e. The van der Waals surface area contributed by atoms with Gasteiger partial charge in [0.15, 0.2) is 0 Å². The van der Waals surface area contributed by atoms with Crippen molar-refractivity contribution in [1.29, 1.82) is 0 Å². The summed E-state index contributed by atoms with van der Waals surface area (Å²) in [5, 5.41) is 3.29. The summed E-state index contributed by atoms with van der Waals surface area (Å²) in [5.74, 6) is 0.899. The van der Waals surface area contributed by atoms with Crippen molar-refractivity contribution in [1.82, 2.24) is 5.32 Å². The first-order chi connectivity index (χ1) is 7.77. The van der Waals surface area contributed by atoms with Gasteiger partial charge in [0, 0.05) is 18.2 Å². The second-order valence-electron chi connectivity index (χ2n) is 3.58. The molecule has 0 aromatic heterocycles. The van der Waals surface area contributed by atoms with Gasteiger partial charge in [-0.1, -0.05) is 36.4 Å². The number of ether oxygens (including phenoxy) is 1. The summed E-state index contributed by atoms with van der Waals surface area (Å²) in [4.78, 5) is 0. The first-order valence-electron chi connectivity index (χ1n) is 5.43. The van der Waals surface area contributed by atoms with Crippen molar-refractivity contribution in [3.8, 4) is 5.75 Å². The summed E-state index contributed by atoms with van der Waals surface area (Å²) in [7, 11) is 1.69. The number of hydrogen-bond donors (Lipinski definition) is 1. The molecule has 0 aliphatic heterocycles. The van der Waals surface area contributed by atoms with Crippen LogP contribution in [0, 0.1) is 0 Å². The number of benzene rings is 1. The molecular formula is C14H19NO. The van der Waals surface area contributed by atoms with E-state index < -0.39 is 0 Å². The molecule has 16 heavy (non-hydrogen) atoms. The fourth-order valence-corrected chi connectivity index (χ4v) is 1.33. The Morgan fingerprint density at radius 1 is 1.44 bits per heavy atom. The van der Waals surface area contributed by atoms with E-state index in [1.807, 2.05) is 30.3 Å². The van der Waals surface area contributed by atoms with Gasteiger partial charge in [-0.25, -0.2) is 0 Å². The molecular weight excluding hydrogens is 198 g/mol. The number of para-hydroxylation sites is 1. The molecule has 1 aromatic carbocycles. The Kier molecular flexibility index (Phi) is 5.37. The van der Waals surface area contributed by atoms with E-state index in [1.165, 1.54) is 0 Å². The van der Waals surface area contributed by atoms with E-state index in [9.17, 15) is 0 Å². The zero-order chi connectivity index (χ0) is 11.8. The predicted octanol–water partition coefficient (Wildman–Crippen LogP) is 2.87. The minimum absolute atomic E-state index is 0.335. The highest BCUT2D eigenvalue weighted by atomic mass is 16.5. The van der Waals surface area contributed by atoms with Gasteiger partial charge >= 0.3 is 0 Å². The van der Waals surface area contributed by atoms with E-state index in [-0.39, 0.29) is 0 Å². The summed E-state index contributed by atoms with van der Waals surface area (Å²) in [5.41, 5.74) is 1.10. The molecule has 1 unspecified atom stereocenters. The smallest absolute Gasteiger partial charge is 0.126 e. The van der Waals surface area contributed by atoms with Crippen LogP contribution in [0.25, 0.3) is 6.08 Å². The molecule has 1 N–H and O–H groups in total. The first kappa shape index (κ1) is 12.5. The molecule has 0 aliphatic rings. The average Bonchev–Trinajstić information content (AvgIpc) is 2.34. The molecule has 1 rings (SSSR count). The molecule has 2 nitrogen and oxygen atoms in total.